The molecule has 0 aliphatic carbocycles. The monoisotopic (exact) mass is 441 g/mol. The van der Waals surface area contributed by atoms with Crippen LogP contribution < -0.4 is 5.32 Å². The van der Waals surface area contributed by atoms with Crippen LogP contribution in [-0.2, 0) is 17.9 Å². The van der Waals surface area contributed by atoms with Crippen molar-refractivity contribution in [2.45, 2.75) is 20.0 Å². The molecule has 2 heterocycles. The Labute approximate surface area is 162 Å². The van der Waals surface area contributed by atoms with E-state index < -0.39 is 0 Å². The largest absolute Gasteiger partial charge is 0.307 e. The molecule has 25 heavy (non-hydrogen) atoms. The predicted molar refractivity (Wildman–Crippen MR) is 101 cm³/mol. The average molecular weight is 443 g/mol. The maximum absolute atomic E-state index is 12.2. The van der Waals surface area contributed by atoms with E-state index in [2.05, 4.69) is 31.4 Å². The van der Waals surface area contributed by atoms with Crippen LogP contribution in [0.1, 0.15) is 11.3 Å². The molecule has 0 bridgehead atoms. The first-order valence-electron chi connectivity index (χ1n) is 7.37. The predicted octanol–water partition coefficient (Wildman–Crippen LogP) is 4.14. The molecule has 1 amide bonds. The highest BCUT2D eigenvalue weighted by Crippen LogP contribution is 2.21. The highest BCUT2D eigenvalue weighted by Gasteiger charge is 2.12. The summed E-state index contributed by atoms with van der Waals surface area (Å²) >= 11 is 15.2. The van der Waals surface area contributed by atoms with E-state index in [0.29, 0.717) is 32.6 Å². The summed E-state index contributed by atoms with van der Waals surface area (Å²) < 4.78 is 3.92. The number of carbonyl (C=O) groups is 1. The van der Waals surface area contributed by atoms with E-state index in [4.69, 9.17) is 23.2 Å². The Kier molecular flexibility index (Phi) is 5.46. The number of rotatable bonds is 5. The van der Waals surface area contributed by atoms with Crippen molar-refractivity contribution in [2.24, 2.45) is 0 Å². The summed E-state index contributed by atoms with van der Waals surface area (Å²) in [5, 5.41) is 12.5. The van der Waals surface area contributed by atoms with Gasteiger partial charge in [0.05, 0.1) is 21.7 Å². The lowest BCUT2D eigenvalue weighted by molar-refractivity contribution is -0.116. The van der Waals surface area contributed by atoms with Gasteiger partial charge < -0.3 is 5.32 Å². The molecular weight excluding hydrogens is 429 g/mol. The van der Waals surface area contributed by atoms with E-state index in [0.717, 1.165) is 5.56 Å². The minimum absolute atomic E-state index is 0.0596. The van der Waals surface area contributed by atoms with E-state index in [1.54, 1.807) is 24.0 Å². The van der Waals surface area contributed by atoms with Crippen molar-refractivity contribution < 1.29 is 4.79 Å². The fraction of sp³-hybridized carbons (Fsp3) is 0.188. The highest BCUT2D eigenvalue weighted by molar-refractivity contribution is 9.10. The number of amides is 1. The Hall–Kier alpha value is -1.83. The first kappa shape index (κ1) is 18.0. The Morgan fingerprint density at radius 1 is 1.16 bits per heavy atom. The van der Waals surface area contributed by atoms with Crippen LogP contribution in [0.3, 0.4) is 0 Å². The zero-order valence-corrected chi connectivity index (χ0v) is 16.3. The maximum atomic E-state index is 12.2. The lowest BCUT2D eigenvalue weighted by Crippen LogP contribution is -2.19. The van der Waals surface area contributed by atoms with Gasteiger partial charge in [-0.3, -0.25) is 14.2 Å². The Morgan fingerprint density at radius 2 is 1.88 bits per heavy atom. The van der Waals surface area contributed by atoms with E-state index in [1.165, 1.54) is 4.68 Å². The van der Waals surface area contributed by atoms with Crippen LogP contribution in [0.2, 0.25) is 10.0 Å². The number of aromatic nitrogens is 4. The van der Waals surface area contributed by atoms with Gasteiger partial charge in [-0.1, -0.05) is 35.3 Å². The van der Waals surface area contributed by atoms with Gasteiger partial charge in [0.2, 0.25) is 5.91 Å². The SMILES string of the molecule is Cc1nn(CC(=O)Nc2nn(Cc3ccc(Cl)cc3)cc2Br)cc1Cl. The normalized spacial score (nSPS) is 10.9. The summed E-state index contributed by atoms with van der Waals surface area (Å²) in [6.45, 7) is 2.41. The molecule has 0 atom stereocenters. The first-order valence-corrected chi connectivity index (χ1v) is 8.92. The van der Waals surface area contributed by atoms with Crippen molar-refractivity contribution in [1.29, 1.82) is 0 Å². The summed E-state index contributed by atoms with van der Waals surface area (Å²) in [5.41, 5.74) is 1.74. The van der Waals surface area contributed by atoms with Gasteiger partial charge >= 0.3 is 0 Å². The molecule has 0 aliphatic heterocycles. The molecule has 0 saturated carbocycles. The van der Waals surface area contributed by atoms with Crippen molar-refractivity contribution in [2.75, 3.05) is 5.32 Å². The van der Waals surface area contributed by atoms with Gasteiger partial charge in [0.25, 0.3) is 0 Å². The molecule has 0 spiro atoms. The molecule has 0 radical (unpaired) electrons. The Balaban J connectivity index is 1.65. The lowest BCUT2D eigenvalue weighted by Gasteiger charge is -2.04. The summed E-state index contributed by atoms with van der Waals surface area (Å²) in [4.78, 5) is 12.2. The number of anilines is 1. The molecule has 0 aliphatic rings. The number of benzene rings is 1. The molecule has 0 fully saturated rings. The van der Waals surface area contributed by atoms with Crippen LogP contribution in [0.15, 0.2) is 41.1 Å². The van der Waals surface area contributed by atoms with Gasteiger partial charge in [0.1, 0.15) is 6.54 Å². The molecule has 0 saturated heterocycles. The van der Waals surface area contributed by atoms with E-state index in [-0.39, 0.29) is 12.5 Å². The van der Waals surface area contributed by atoms with Crippen molar-refractivity contribution in [3.05, 3.63) is 62.4 Å². The van der Waals surface area contributed by atoms with Gasteiger partial charge in [-0.25, -0.2) is 0 Å². The zero-order chi connectivity index (χ0) is 18.0. The molecule has 2 aromatic heterocycles. The lowest BCUT2D eigenvalue weighted by atomic mass is 10.2. The smallest absolute Gasteiger partial charge is 0.247 e. The van der Waals surface area contributed by atoms with Crippen LogP contribution in [0.5, 0.6) is 0 Å². The molecule has 9 heteroatoms. The molecular formula is C16H14BrCl2N5O. The number of hydrogen-bond acceptors (Lipinski definition) is 3. The van der Waals surface area contributed by atoms with Crippen molar-refractivity contribution in [3.63, 3.8) is 0 Å². The fourth-order valence-corrected chi connectivity index (χ4v) is 2.92. The molecule has 0 unspecified atom stereocenters. The molecule has 6 nitrogen and oxygen atoms in total. The topological polar surface area (TPSA) is 64.7 Å². The second kappa shape index (κ2) is 7.59. The zero-order valence-electron chi connectivity index (χ0n) is 13.2. The van der Waals surface area contributed by atoms with Crippen LogP contribution in [0.25, 0.3) is 0 Å². The number of nitrogens with one attached hydrogen (secondary N) is 1. The van der Waals surface area contributed by atoms with E-state index in [1.807, 2.05) is 24.3 Å². The first-order chi connectivity index (χ1) is 11.9. The molecule has 1 N–H and O–H groups in total. The number of carbonyl (C=O) groups excluding carboxylic acids is 1. The molecule has 3 rings (SSSR count). The van der Waals surface area contributed by atoms with Crippen molar-refractivity contribution >= 4 is 50.9 Å². The third-order valence-electron chi connectivity index (χ3n) is 3.42. The van der Waals surface area contributed by atoms with Gasteiger partial charge in [-0.2, -0.15) is 10.2 Å². The van der Waals surface area contributed by atoms with Gasteiger partial charge in [0, 0.05) is 17.4 Å². The minimum Gasteiger partial charge on any atom is -0.307 e. The summed E-state index contributed by atoms with van der Waals surface area (Å²) in [5.74, 6) is 0.213. The van der Waals surface area contributed by atoms with Gasteiger partial charge in [0.15, 0.2) is 5.82 Å². The number of nitrogens with zero attached hydrogens (tertiary/aromatic N) is 4. The second-order valence-corrected chi connectivity index (χ2v) is 7.16. The van der Waals surface area contributed by atoms with Gasteiger partial charge in [-0.05, 0) is 40.5 Å². The number of aryl methyl sites for hydroxylation is 1. The quantitative estimate of drug-likeness (QED) is 0.645. The summed E-state index contributed by atoms with van der Waals surface area (Å²) in [6, 6.07) is 7.52. The third kappa shape index (κ3) is 4.62. The summed E-state index contributed by atoms with van der Waals surface area (Å²) in [7, 11) is 0. The van der Waals surface area contributed by atoms with E-state index in [9.17, 15) is 4.79 Å². The third-order valence-corrected chi connectivity index (χ3v) is 4.63. The molecule has 1 aromatic carbocycles. The minimum atomic E-state index is -0.239. The Bertz CT molecular complexity index is 884. The number of halogens is 3. The van der Waals surface area contributed by atoms with Crippen LogP contribution in [-0.4, -0.2) is 25.5 Å². The van der Waals surface area contributed by atoms with Crippen molar-refractivity contribution in [3.8, 4) is 0 Å². The maximum Gasteiger partial charge on any atom is 0.247 e. The van der Waals surface area contributed by atoms with Crippen LogP contribution in [0.4, 0.5) is 5.82 Å². The van der Waals surface area contributed by atoms with E-state index >= 15 is 0 Å². The van der Waals surface area contributed by atoms with Crippen LogP contribution >= 0.6 is 39.1 Å². The van der Waals surface area contributed by atoms with Crippen LogP contribution in [0, 0.1) is 6.92 Å². The standard InChI is InChI=1S/C16H14BrCl2N5O/c1-10-14(19)8-24(21-10)9-15(25)20-16-13(17)7-23(22-16)6-11-2-4-12(18)5-3-11/h2-5,7-8H,6,9H2,1H3,(H,20,22,25). The average Bonchev–Trinajstić information content (AvgIpc) is 3.04. The fourth-order valence-electron chi connectivity index (χ4n) is 2.23. The summed E-state index contributed by atoms with van der Waals surface area (Å²) in [6.07, 6.45) is 3.42. The highest BCUT2D eigenvalue weighted by atomic mass is 79.9. The molecule has 3 aromatic rings. The van der Waals surface area contributed by atoms with Crippen molar-refractivity contribution in [1.82, 2.24) is 19.6 Å². The second-order valence-electron chi connectivity index (χ2n) is 5.46. The Morgan fingerprint density at radius 3 is 2.52 bits per heavy atom. The number of hydrogen-bond donors (Lipinski definition) is 1. The van der Waals surface area contributed by atoms with Gasteiger partial charge in [-0.15, -0.1) is 0 Å². The molecule has 130 valence electrons.